The van der Waals surface area contributed by atoms with Crippen LogP contribution >= 0.6 is 11.6 Å². The van der Waals surface area contributed by atoms with Crippen LogP contribution in [0.15, 0.2) is 71.9 Å². The Bertz CT molecular complexity index is 1500. The van der Waals surface area contributed by atoms with Crippen LogP contribution in [-0.4, -0.2) is 45.6 Å². The Morgan fingerprint density at radius 3 is 2.65 bits per heavy atom. The van der Waals surface area contributed by atoms with E-state index in [4.69, 9.17) is 21.3 Å². The van der Waals surface area contributed by atoms with Crippen molar-refractivity contribution in [2.45, 2.75) is 12.6 Å². The number of carbonyl (C=O) groups excluding carboxylic acids is 1. The van der Waals surface area contributed by atoms with E-state index in [1.807, 2.05) is 4.90 Å². The number of rotatable bonds is 5. The van der Waals surface area contributed by atoms with E-state index in [1.165, 1.54) is 36.2 Å². The van der Waals surface area contributed by atoms with Crippen LogP contribution in [0.3, 0.4) is 0 Å². The van der Waals surface area contributed by atoms with E-state index in [0.717, 1.165) is 5.69 Å². The Hall–Kier alpha value is -4.31. The summed E-state index contributed by atoms with van der Waals surface area (Å²) in [5.74, 6) is -0.0808. The molecular formula is C26H22ClFN6O3. The molecule has 1 aliphatic heterocycles. The molecule has 1 aliphatic rings. The topological polar surface area (TPSA) is 102 Å². The van der Waals surface area contributed by atoms with Crippen LogP contribution in [0.25, 0.3) is 11.4 Å². The minimum absolute atomic E-state index is 0.275. The normalized spacial score (nSPS) is 15.0. The number of anilines is 1. The van der Waals surface area contributed by atoms with Crippen LogP contribution in [0.1, 0.15) is 22.2 Å². The van der Waals surface area contributed by atoms with E-state index in [0.29, 0.717) is 41.1 Å². The van der Waals surface area contributed by atoms with Crippen molar-refractivity contribution in [2.24, 2.45) is 0 Å². The van der Waals surface area contributed by atoms with Gasteiger partial charge < -0.3 is 15.0 Å². The second kappa shape index (κ2) is 10.4. The van der Waals surface area contributed by atoms with Gasteiger partial charge in [-0.3, -0.25) is 14.2 Å². The molecule has 0 radical (unpaired) electrons. The first kappa shape index (κ1) is 24.4. The Morgan fingerprint density at radius 2 is 1.92 bits per heavy atom. The lowest BCUT2D eigenvalue weighted by molar-refractivity contribution is 0.0932. The van der Waals surface area contributed by atoms with Gasteiger partial charge in [0, 0.05) is 42.6 Å². The molecular weight excluding hydrogens is 499 g/mol. The number of amides is 1. The molecule has 2 aromatic heterocycles. The van der Waals surface area contributed by atoms with Crippen molar-refractivity contribution < 1.29 is 13.9 Å². The Morgan fingerprint density at radius 1 is 1.11 bits per heavy atom. The highest BCUT2D eigenvalue weighted by atomic mass is 35.5. The predicted octanol–water partition coefficient (Wildman–Crippen LogP) is 3.49. The van der Waals surface area contributed by atoms with Gasteiger partial charge in [-0.25, -0.2) is 19.3 Å². The van der Waals surface area contributed by atoms with Gasteiger partial charge in [-0.05, 0) is 48.5 Å². The average molecular weight is 521 g/mol. The Kier molecular flexibility index (Phi) is 6.82. The van der Waals surface area contributed by atoms with Crippen LogP contribution in [0.4, 0.5) is 10.1 Å². The number of halogens is 2. The van der Waals surface area contributed by atoms with Gasteiger partial charge in [-0.15, -0.1) is 0 Å². The summed E-state index contributed by atoms with van der Waals surface area (Å²) in [6, 6.07) is 13.2. The molecule has 11 heteroatoms. The first-order valence-electron chi connectivity index (χ1n) is 11.5. The molecule has 37 heavy (non-hydrogen) atoms. The van der Waals surface area contributed by atoms with E-state index >= 15 is 0 Å². The first-order valence-corrected chi connectivity index (χ1v) is 11.8. The maximum atomic E-state index is 13.6. The quantitative estimate of drug-likeness (QED) is 0.429. The first-order chi connectivity index (χ1) is 17.9. The molecule has 0 bridgehead atoms. The molecule has 1 amide bonds. The summed E-state index contributed by atoms with van der Waals surface area (Å²) < 4.78 is 20.5. The summed E-state index contributed by atoms with van der Waals surface area (Å²) in [4.78, 5) is 41.5. The Labute approximate surface area is 216 Å². The summed E-state index contributed by atoms with van der Waals surface area (Å²) >= 11 is 6.07. The number of ether oxygens (including phenoxy) is 1. The van der Waals surface area contributed by atoms with Gasteiger partial charge in [0.05, 0.1) is 24.1 Å². The highest BCUT2D eigenvalue weighted by Gasteiger charge is 2.29. The lowest BCUT2D eigenvalue weighted by Crippen LogP contribution is -2.38. The monoisotopic (exact) mass is 520 g/mol. The predicted molar refractivity (Wildman–Crippen MR) is 136 cm³/mol. The smallest absolute Gasteiger partial charge is 0.255 e. The molecule has 1 atom stereocenters. The third-order valence-electron chi connectivity index (χ3n) is 6.10. The maximum Gasteiger partial charge on any atom is 0.255 e. The number of carbonyl (C=O) groups is 1. The van der Waals surface area contributed by atoms with Gasteiger partial charge in [0.25, 0.3) is 11.5 Å². The van der Waals surface area contributed by atoms with Gasteiger partial charge in [-0.2, -0.15) is 0 Å². The SMILES string of the molecule is COc1cc(Cl)ccc1C(=O)NC1CN(c2ccc(F)cc2)CCn2c1nc(-c1ccncn1)cc2=O. The molecule has 2 aromatic carbocycles. The van der Waals surface area contributed by atoms with Crippen molar-refractivity contribution in [3.63, 3.8) is 0 Å². The number of hydrogen-bond acceptors (Lipinski definition) is 7. The molecule has 0 aliphatic carbocycles. The van der Waals surface area contributed by atoms with E-state index in [2.05, 4.69) is 15.3 Å². The summed E-state index contributed by atoms with van der Waals surface area (Å²) in [5, 5.41) is 3.44. The Balaban J connectivity index is 1.57. The lowest BCUT2D eigenvalue weighted by Gasteiger charge is -2.26. The molecule has 5 rings (SSSR count). The van der Waals surface area contributed by atoms with Gasteiger partial charge >= 0.3 is 0 Å². The lowest BCUT2D eigenvalue weighted by atomic mass is 10.1. The molecule has 1 unspecified atom stereocenters. The number of methoxy groups -OCH3 is 1. The van der Waals surface area contributed by atoms with Crippen molar-refractivity contribution in [3.05, 3.63) is 99.7 Å². The minimum Gasteiger partial charge on any atom is -0.496 e. The molecule has 0 spiro atoms. The fourth-order valence-electron chi connectivity index (χ4n) is 4.29. The van der Waals surface area contributed by atoms with Crippen LogP contribution in [0, 0.1) is 5.82 Å². The van der Waals surface area contributed by atoms with Gasteiger partial charge in [-0.1, -0.05) is 11.6 Å². The van der Waals surface area contributed by atoms with E-state index < -0.39 is 11.9 Å². The number of hydrogen-bond donors (Lipinski definition) is 1. The zero-order valence-electron chi connectivity index (χ0n) is 19.8. The third-order valence-corrected chi connectivity index (χ3v) is 6.33. The number of nitrogens with one attached hydrogen (secondary N) is 1. The second-order valence-electron chi connectivity index (χ2n) is 8.38. The highest BCUT2D eigenvalue weighted by Crippen LogP contribution is 2.27. The molecule has 0 saturated carbocycles. The van der Waals surface area contributed by atoms with Gasteiger partial charge in [0.1, 0.15) is 29.8 Å². The zero-order chi connectivity index (χ0) is 25.9. The molecule has 9 nitrogen and oxygen atoms in total. The number of fused-ring (bicyclic) bond motifs is 1. The van der Waals surface area contributed by atoms with Gasteiger partial charge in [0.15, 0.2) is 0 Å². The zero-order valence-corrected chi connectivity index (χ0v) is 20.5. The highest BCUT2D eigenvalue weighted by molar-refractivity contribution is 6.30. The molecule has 1 N–H and O–H groups in total. The van der Waals surface area contributed by atoms with Crippen molar-refractivity contribution in [1.29, 1.82) is 0 Å². The summed E-state index contributed by atoms with van der Waals surface area (Å²) in [6.07, 6.45) is 2.94. The van der Waals surface area contributed by atoms with E-state index in [1.54, 1.807) is 42.6 Å². The third kappa shape index (κ3) is 5.14. The molecule has 188 valence electrons. The summed E-state index contributed by atoms with van der Waals surface area (Å²) in [6.45, 7) is 1.05. The van der Waals surface area contributed by atoms with Crippen molar-refractivity contribution in [2.75, 3.05) is 25.1 Å². The number of nitrogens with zero attached hydrogens (tertiary/aromatic N) is 5. The van der Waals surface area contributed by atoms with Crippen LogP contribution in [0.5, 0.6) is 5.75 Å². The van der Waals surface area contributed by atoms with E-state index in [-0.39, 0.29) is 23.5 Å². The largest absolute Gasteiger partial charge is 0.496 e. The van der Waals surface area contributed by atoms with E-state index in [9.17, 15) is 14.0 Å². The van der Waals surface area contributed by atoms with Crippen molar-refractivity contribution in [1.82, 2.24) is 24.8 Å². The van der Waals surface area contributed by atoms with Crippen LogP contribution in [0.2, 0.25) is 5.02 Å². The van der Waals surface area contributed by atoms with Crippen LogP contribution in [-0.2, 0) is 6.54 Å². The van der Waals surface area contributed by atoms with Crippen molar-refractivity contribution >= 4 is 23.2 Å². The van der Waals surface area contributed by atoms with Crippen molar-refractivity contribution in [3.8, 4) is 17.1 Å². The molecule has 0 fully saturated rings. The van der Waals surface area contributed by atoms with Crippen LogP contribution < -0.4 is 20.5 Å². The molecule has 4 aromatic rings. The fourth-order valence-corrected chi connectivity index (χ4v) is 4.45. The fraction of sp³-hybridized carbons (Fsp3) is 0.192. The second-order valence-corrected chi connectivity index (χ2v) is 8.81. The summed E-state index contributed by atoms with van der Waals surface area (Å²) in [7, 11) is 1.45. The maximum absolute atomic E-state index is 13.6. The standard InChI is InChI=1S/C26H22ClFN6O3/c1-37-23-12-16(27)2-7-19(23)26(36)32-22-14-33(18-5-3-17(28)4-6-18)10-11-34-24(35)13-21(31-25(22)34)20-8-9-29-15-30-20/h2-9,12-13,15,22H,10-11,14H2,1H3,(H,32,36). The summed E-state index contributed by atoms with van der Waals surface area (Å²) in [5.41, 5.74) is 1.62. The minimum atomic E-state index is -0.699. The van der Waals surface area contributed by atoms with Gasteiger partial charge in [0.2, 0.25) is 0 Å². The molecule has 0 saturated heterocycles. The number of benzene rings is 2. The average Bonchev–Trinajstić information content (AvgIpc) is 3.09. The molecule has 3 heterocycles. The number of aromatic nitrogens is 4.